The van der Waals surface area contributed by atoms with E-state index in [1.54, 1.807) is 23.7 Å². The smallest absolute Gasteiger partial charge is 0.267 e. The number of hydrogen-bond donors (Lipinski definition) is 1. The Morgan fingerprint density at radius 2 is 2.17 bits per heavy atom. The maximum atomic E-state index is 12.5. The predicted molar refractivity (Wildman–Crippen MR) is 96.6 cm³/mol. The van der Waals surface area contributed by atoms with E-state index in [1.165, 1.54) is 29.0 Å². The fourth-order valence-corrected chi connectivity index (χ4v) is 4.04. The van der Waals surface area contributed by atoms with E-state index in [1.807, 2.05) is 13.0 Å². The molecule has 120 valence electrons. The Hall–Kier alpha value is -2.58. The average Bonchev–Trinajstić information content (AvgIpc) is 3.23. The summed E-state index contributed by atoms with van der Waals surface area (Å²) in [6.07, 6.45) is 2.20. The zero-order chi connectivity index (χ0) is 16.7. The van der Waals surface area contributed by atoms with Crippen molar-refractivity contribution in [2.75, 3.05) is 5.43 Å². The van der Waals surface area contributed by atoms with Crippen LogP contribution < -0.4 is 11.0 Å². The predicted octanol–water partition coefficient (Wildman–Crippen LogP) is 3.01. The summed E-state index contributed by atoms with van der Waals surface area (Å²) >= 11 is 2.96. The van der Waals surface area contributed by atoms with E-state index in [0.29, 0.717) is 15.8 Å². The third-order valence-electron chi connectivity index (χ3n) is 3.67. The summed E-state index contributed by atoms with van der Waals surface area (Å²) in [4.78, 5) is 35.1. The summed E-state index contributed by atoms with van der Waals surface area (Å²) in [7, 11) is 0. The van der Waals surface area contributed by atoms with Crippen LogP contribution in [0.3, 0.4) is 0 Å². The summed E-state index contributed by atoms with van der Waals surface area (Å²) in [5.41, 5.74) is 5.37. The molecular formula is C16H12N4O2S2. The van der Waals surface area contributed by atoms with Crippen molar-refractivity contribution < 1.29 is 4.79 Å². The minimum Gasteiger partial charge on any atom is -0.267 e. The van der Waals surface area contributed by atoms with Gasteiger partial charge >= 0.3 is 0 Å². The summed E-state index contributed by atoms with van der Waals surface area (Å²) < 4.78 is 2.06. The van der Waals surface area contributed by atoms with Crippen LogP contribution in [-0.2, 0) is 6.42 Å². The summed E-state index contributed by atoms with van der Waals surface area (Å²) in [5, 5.41) is 0.526. The molecule has 8 heteroatoms. The lowest BCUT2D eigenvalue weighted by atomic mass is 10.2. The van der Waals surface area contributed by atoms with Crippen molar-refractivity contribution in [1.82, 2.24) is 14.6 Å². The molecule has 0 fully saturated rings. The first kappa shape index (κ1) is 15.0. The van der Waals surface area contributed by atoms with Gasteiger partial charge in [-0.2, -0.15) is 0 Å². The molecule has 4 aromatic rings. The summed E-state index contributed by atoms with van der Waals surface area (Å²) in [6, 6.07) is 7.08. The highest BCUT2D eigenvalue weighted by Gasteiger charge is 2.12. The molecule has 0 saturated heterocycles. The fraction of sp³-hybridized carbons (Fsp3) is 0.125. The van der Waals surface area contributed by atoms with Gasteiger partial charge in [0.25, 0.3) is 11.5 Å². The van der Waals surface area contributed by atoms with Gasteiger partial charge in [-0.3, -0.25) is 15.0 Å². The molecule has 1 aromatic carbocycles. The van der Waals surface area contributed by atoms with E-state index in [0.717, 1.165) is 26.2 Å². The van der Waals surface area contributed by atoms with Gasteiger partial charge in [-0.25, -0.2) is 14.6 Å². The lowest BCUT2D eigenvalue weighted by molar-refractivity contribution is 0.101. The number of fused-ring (bicyclic) bond motifs is 2. The van der Waals surface area contributed by atoms with Crippen molar-refractivity contribution in [2.45, 2.75) is 13.3 Å². The Morgan fingerprint density at radius 1 is 1.29 bits per heavy atom. The van der Waals surface area contributed by atoms with Gasteiger partial charge in [-0.15, -0.1) is 22.7 Å². The van der Waals surface area contributed by atoms with Crippen LogP contribution in [0.25, 0.3) is 20.4 Å². The van der Waals surface area contributed by atoms with E-state index in [9.17, 15) is 9.59 Å². The Kier molecular flexibility index (Phi) is 3.62. The second kappa shape index (κ2) is 5.81. The molecule has 0 aliphatic heterocycles. The van der Waals surface area contributed by atoms with Crippen molar-refractivity contribution in [3.63, 3.8) is 0 Å². The van der Waals surface area contributed by atoms with Gasteiger partial charge in [-0.05, 0) is 30.7 Å². The number of nitrogens with zero attached hydrogens (tertiary/aromatic N) is 3. The number of carbonyl (C=O) groups excluding carboxylic acids is 1. The highest BCUT2D eigenvalue weighted by atomic mass is 32.1. The second-order valence-corrected chi connectivity index (χ2v) is 7.18. The van der Waals surface area contributed by atoms with Gasteiger partial charge < -0.3 is 0 Å². The molecule has 0 saturated carbocycles. The van der Waals surface area contributed by atoms with Crippen LogP contribution >= 0.6 is 22.7 Å². The van der Waals surface area contributed by atoms with E-state index >= 15 is 0 Å². The van der Waals surface area contributed by atoms with Crippen LogP contribution in [0, 0.1) is 0 Å². The number of thiophene rings is 1. The SMILES string of the molecule is CCc1cc2c(=O)n(NC(=O)c3ccc4ncsc4c3)cnc2s1. The monoisotopic (exact) mass is 356 g/mol. The molecular weight excluding hydrogens is 344 g/mol. The Labute approximate surface area is 144 Å². The van der Waals surface area contributed by atoms with E-state index < -0.39 is 0 Å². The molecule has 4 rings (SSSR count). The van der Waals surface area contributed by atoms with Crippen molar-refractivity contribution in [1.29, 1.82) is 0 Å². The average molecular weight is 356 g/mol. The summed E-state index contributed by atoms with van der Waals surface area (Å²) in [5.74, 6) is -0.362. The molecule has 0 unspecified atom stereocenters. The lowest BCUT2D eigenvalue weighted by Crippen LogP contribution is -2.32. The van der Waals surface area contributed by atoms with Gasteiger partial charge in [0, 0.05) is 10.4 Å². The molecule has 1 amide bonds. The van der Waals surface area contributed by atoms with Crippen molar-refractivity contribution in [2.24, 2.45) is 0 Å². The topological polar surface area (TPSA) is 76.9 Å². The van der Waals surface area contributed by atoms with E-state index in [2.05, 4.69) is 15.4 Å². The molecule has 0 radical (unpaired) electrons. The number of thiazole rings is 1. The van der Waals surface area contributed by atoms with Crippen LogP contribution in [0.2, 0.25) is 0 Å². The third-order valence-corrected chi connectivity index (χ3v) is 5.65. The summed E-state index contributed by atoms with van der Waals surface area (Å²) in [6.45, 7) is 2.03. The molecule has 0 aliphatic carbocycles. The number of amides is 1. The van der Waals surface area contributed by atoms with Crippen LogP contribution in [0.5, 0.6) is 0 Å². The Morgan fingerprint density at radius 3 is 3.00 bits per heavy atom. The first-order chi connectivity index (χ1) is 11.7. The largest absolute Gasteiger partial charge is 0.280 e. The fourth-order valence-electron chi connectivity index (χ4n) is 2.40. The molecule has 0 bridgehead atoms. The standard InChI is InChI=1S/C16H12N4O2S2/c1-2-10-6-11-15(24-10)17-7-20(16(11)22)19-14(21)9-3-4-12-13(5-9)23-8-18-12/h3-8H,2H2,1H3,(H,19,21). The minimum absolute atomic E-state index is 0.275. The number of aromatic nitrogens is 3. The molecule has 1 N–H and O–H groups in total. The normalized spacial score (nSPS) is 11.2. The van der Waals surface area contributed by atoms with Gasteiger partial charge in [0.05, 0.1) is 21.1 Å². The van der Waals surface area contributed by atoms with Crippen molar-refractivity contribution >= 4 is 49.0 Å². The van der Waals surface area contributed by atoms with Gasteiger partial charge in [0.15, 0.2) is 0 Å². The number of carbonyl (C=O) groups is 1. The van der Waals surface area contributed by atoms with Gasteiger partial charge in [-0.1, -0.05) is 6.92 Å². The minimum atomic E-state index is -0.362. The molecule has 3 aromatic heterocycles. The molecule has 0 aliphatic rings. The molecule has 0 spiro atoms. The first-order valence-corrected chi connectivity index (χ1v) is 9.00. The highest BCUT2D eigenvalue weighted by Crippen LogP contribution is 2.21. The van der Waals surface area contributed by atoms with Gasteiger partial charge in [0.1, 0.15) is 11.2 Å². The number of rotatable bonds is 3. The number of benzene rings is 1. The first-order valence-electron chi connectivity index (χ1n) is 7.30. The van der Waals surface area contributed by atoms with Crippen LogP contribution in [-0.4, -0.2) is 20.6 Å². The number of aryl methyl sites for hydroxylation is 1. The van der Waals surface area contributed by atoms with Crippen molar-refractivity contribution in [3.8, 4) is 0 Å². The number of nitrogens with one attached hydrogen (secondary N) is 1. The molecule has 0 atom stereocenters. The van der Waals surface area contributed by atoms with Crippen molar-refractivity contribution in [3.05, 3.63) is 56.9 Å². The maximum absolute atomic E-state index is 12.5. The third kappa shape index (κ3) is 2.49. The molecule has 6 nitrogen and oxygen atoms in total. The molecule has 24 heavy (non-hydrogen) atoms. The molecule has 3 heterocycles. The lowest BCUT2D eigenvalue weighted by Gasteiger charge is -2.07. The van der Waals surface area contributed by atoms with E-state index in [-0.39, 0.29) is 11.5 Å². The highest BCUT2D eigenvalue weighted by molar-refractivity contribution is 7.18. The quantitative estimate of drug-likeness (QED) is 0.612. The Bertz CT molecular complexity index is 1130. The van der Waals surface area contributed by atoms with Gasteiger partial charge in [0.2, 0.25) is 0 Å². The zero-order valence-corrected chi connectivity index (χ0v) is 14.3. The van der Waals surface area contributed by atoms with Crippen LogP contribution in [0.1, 0.15) is 22.2 Å². The number of hydrogen-bond acceptors (Lipinski definition) is 6. The Balaban J connectivity index is 1.68. The zero-order valence-electron chi connectivity index (χ0n) is 12.6. The maximum Gasteiger partial charge on any atom is 0.280 e. The van der Waals surface area contributed by atoms with E-state index in [4.69, 9.17) is 0 Å². The second-order valence-electron chi connectivity index (χ2n) is 5.18. The van der Waals surface area contributed by atoms with Crippen LogP contribution in [0.15, 0.2) is 40.9 Å². The van der Waals surface area contributed by atoms with Crippen LogP contribution in [0.4, 0.5) is 0 Å².